The van der Waals surface area contributed by atoms with Crippen molar-refractivity contribution in [3.8, 4) is 5.75 Å². The summed E-state index contributed by atoms with van der Waals surface area (Å²) >= 11 is 0. The van der Waals surface area contributed by atoms with Gasteiger partial charge in [0.25, 0.3) is 0 Å². The molecule has 0 radical (unpaired) electrons. The number of unbranched alkanes of at least 4 members (excludes halogenated alkanes) is 1. The van der Waals surface area contributed by atoms with Crippen LogP contribution in [0.3, 0.4) is 0 Å². The highest BCUT2D eigenvalue weighted by molar-refractivity contribution is 6.20. The van der Waals surface area contributed by atoms with Gasteiger partial charge in [0.2, 0.25) is 0 Å². The minimum atomic E-state index is -1.01. The average Bonchev–Trinajstić information content (AvgIpc) is 2.72. The molecule has 4 aromatic rings. The van der Waals surface area contributed by atoms with E-state index >= 15 is 0 Å². The molecule has 0 atom stereocenters. The van der Waals surface area contributed by atoms with Gasteiger partial charge in [0.15, 0.2) is 0 Å². The van der Waals surface area contributed by atoms with E-state index in [1.807, 2.05) is 6.07 Å². The first-order chi connectivity index (χ1) is 13.9. The third-order valence-corrected chi connectivity index (χ3v) is 4.62. The van der Waals surface area contributed by atoms with E-state index in [4.69, 9.17) is 14.2 Å². The second-order valence-electron chi connectivity index (χ2n) is 6.43. The van der Waals surface area contributed by atoms with E-state index in [1.165, 1.54) is 0 Å². The number of rotatable bonds is 8. The lowest BCUT2D eigenvalue weighted by atomic mass is 9.91. The Hall–Kier alpha value is -3.61. The van der Waals surface area contributed by atoms with Gasteiger partial charge in [-0.3, -0.25) is 0 Å². The van der Waals surface area contributed by atoms with Crippen molar-refractivity contribution in [2.24, 2.45) is 0 Å². The van der Waals surface area contributed by atoms with Crippen molar-refractivity contribution in [2.45, 2.75) is 19.8 Å². The number of carboxylic acids is 1. The smallest absolute Gasteiger partial charge is 0.478 e. The molecular weight excluding hydrogens is 376 g/mol. The molecule has 0 fully saturated rings. The van der Waals surface area contributed by atoms with Gasteiger partial charge in [0.05, 0.1) is 18.8 Å². The average molecular weight is 396 g/mol. The second-order valence-corrected chi connectivity index (χ2v) is 6.43. The number of hydrogen-bond donors (Lipinski definition) is 1. The summed E-state index contributed by atoms with van der Waals surface area (Å²) in [7, 11) is 0. The zero-order chi connectivity index (χ0) is 21.0. The van der Waals surface area contributed by atoms with Crippen LogP contribution in [-0.4, -0.2) is 36.4 Å². The summed E-state index contributed by atoms with van der Waals surface area (Å²) in [6.07, 6.45) is 1.30. The number of carbonyl (C=O) groups is 3. The fourth-order valence-electron chi connectivity index (χ4n) is 3.26. The van der Waals surface area contributed by atoms with E-state index in [9.17, 15) is 19.5 Å². The zero-order valence-corrected chi connectivity index (χ0v) is 15.9. The minimum absolute atomic E-state index is 0.123. The number of carbonyl (C=O) groups excluding carboxylic acids is 2. The first kappa shape index (κ1) is 20.1. The quantitative estimate of drug-likeness (QED) is 0.260. The molecule has 0 spiro atoms. The number of ether oxygens (including phenoxy) is 3. The maximum absolute atomic E-state index is 12.1. The number of hydrogen-bond acceptors (Lipinski definition) is 6. The predicted molar refractivity (Wildman–Crippen MR) is 107 cm³/mol. The van der Waals surface area contributed by atoms with Crippen molar-refractivity contribution >= 4 is 39.6 Å². The number of carboxylic acid groups (broad SMARTS) is 1. The molecule has 7 heteroatoms. The van der Waals surface area contributed by atoms with E-state index in [1.54, 1.807) is 31.2 Å². The van der Waals surface area contributed by atoms with Crippen LogP contribution in [0.25, 0.3) is 21.5 Å². The van der Waals surface area contributed by atoms with E-state index in [-0.39, 0.29) is 18.8 Å². The molecule has 0 heterocycles. The Balaban J connectivity index is 1.69. The third kappa shape index (κ3) is 4.13. The van der Waals surface area contributed by atoms with Crippen LogP contribution < -0.4 is 4.74 Å². The van der Waals surface area contributed by atoms with Crippen molar-refractivity contribution in [3.63, 3.8) is 0 Å². The Labute approximate surface area is 166 Å². The molecule has 1 N–H and O–H groups in total. The predicted octanol–water partition coefficient (Wildman–Crippen LogP) is 4.46. The Morgan fingerprint density at radius 1 is 1.00 bits per heavy atom. The molecule has 0 aromatic heterocycles. The molecule has 0 saturated carbocycles. The summed E-state index contributed by atoms with van der Waals surface area (Å²) in [5.41, 5.74) is 0.884. The second kappa shape index (κ2) is 8.60. The monoisotopic (exact) mass is 396 g/mol. The highest BCUT2D eigenvalue weighted by Gasteiger charge is 2.21. The van der Waals surface area contributed by atoms with Crippen LogP contribution in [0.2, 0.25) is 0 Å². The molecule has 2 bridgehead atoms. The standard InChI is InChI=1S/C22H20O7/c1-3-18(23)27-11-4-5-12-28-22(26)29-20-13(2)14-9-10-16(20)15-7-6-8-17(19(14)15)21(24)25/h3,6-10H,1,4-5,11-12H2,2H3,(H,24,25). The Bertz CT molecular complexity index is 1080. The van der Waals surface area contributed by atoms with Gasteiger partial charge in [-0.05, 0) is 42.7 Å². The lowest BCUT2D eigenvalue weighted by molar-refractivity contribution is -0.137. The molecule has 0 saturated heterocycles. The van der Waals surface area contributed by atoms with Gasteiger partial charge >= 0.3 is 18.1 Å². The van der Waals surface area contributed by atoms with Gasteiger partial charge < -0.3 is 19.3 Å². The van der Waals surface area contributed by atoms with Gasteiger partial charge in [0, 0.05) is 22.4 Å². The summed E-state index contributed by atoms with van der Waals surface area (Å²) in [6.45, 7) is 5.42. The third-order valence-electron chi connectivity index (χ3n) is 4.62. The molecule has 7 nitrogen and oxygen atoms in total. The van der Waals surface area contributed by atoms with Crippen molar-refractivity contribution in [3.05, 3.63) is 54.1 Å². The molecule has 0 amide bonds. The number of esters is 1. The topological polar surface area (TPSA) is 99.1 Å². The molecular formula is C22H20O7. The van der Waals surface area contributed by atoms with Gasteiger partial charge in [-0.2, -0.15) is 0 Å². The van der Waals surface area contributed by atoms with Crippen LogP contribution in [0, 0.1) is 6.92 Å². The van der Waals surface area contributed by atoms with Crippen LogP contribution in [0.4, 0.5) is 4.79 Å². The van der Waals surface area contributed by atoms with Crippen LogP contribution in [0.15, 0.2) is 43.0 Å². The zero-order valence-electron chi connectivity index (χ0n) is 15.9. The van der Waals surface area contributed by atoms with Crippen molar-refractivity contribution in [1.29, 1.82) is 0 Å². The van der Waals surface area contributed by atoms with Crippen LogP contribution in [0.5, 0.6) is 5.75 Å². The van der Waals surface area contributed by atoms with Crippen molar-refractivity contribution in [2.75, 3.05) is 13.2 Å². The number of aryl methyl sites for hydroxylation is 1. The molecule has 29 heavy (non-hydrogen) atoms. The highest BCUT2D eigenvalue weighted by atomic mass is 16.7. The van der Waals surface area contributed by atoms with Crippen LogP contribution >= 0.6 is 0 Å². The maximum atomic E-state index is 12.1. The van der Waals surface area contributed by atoms with E-state index in [2.05, 4.69) is 6.58 Å². The highest BCUT2D eigenvalue weighted by Crippen LogP contribution is 2.41. The largest absolute Gasteiger partial charge is 0.513 e. The molecule has 0 aliphatic carbocycles. The number of benzene rings is 4. The Kier molecular flexibility index (Phi) is 5.97. The summed E-state index contributed by atoms with van der Waals surface area (Å²) in [5, 5.41) is 12.2. The van der Waals surface area contributed by atoms with Gasteiger partial charge in [0.1, 0.15) is 5.75 Å². The molecule has 0 aliphatic rings. The Morgan fingerprint density at radius 3 is 2.38 bits per heavy atom. The van der Waals surface area contributed by atoms with E-state index in [0.29, 0.717) is 45.7 Å². The SMILES string of the molecule is C=CC(=O)OCCCCOC(=O)Oc1c(C)c2ccc1c1cccc(C(=O)O)c21. The van der Waals surface area contributed by atoms with Crippen LogP contribution in [-0.2, 0) is 14.3 Å². The fourth-order valence-corrected chi connectivity index (χ4v) is 3.26. The molecule has 150 valence electrons. The molecule has 4 rings (SSSR count). The van der Waals surface area contributed by atoms with Crippen LogP contribution in [0.1, 0.15) is 28.8 Å². The normalized spacial score (nSPS) is 10.8. The molecule has 4 aromatic carbocycles. The first-order valence-corrected chi connectivity index (χ1v) is 9.08. The van der Waals surface area contributed by atoms with Crippen molar-refractivity contribution < 1.29 is 33.7 Å². The summed E-state index contributed by atoms with van der Waals surface area (Å²) in [4.78, 5) is 34.6. The fraction of sp³-hybridized carbons (Fsp3) is 0.227. The minimum Gasteiger partial charge on any atom is -0.478 e. The van der Waals surface area contributed by atoms with Gasteiger partial charge in [-0.25, -0.2) is 14.4 Å². The van der Waals surface area contributed by atoms with E-state index < -0.39 is 18.1 Å². The van der Waals surface area contributed by atoms with Crippen molar-refractivity contribution in [1.82, 2.24) is 0 Å². The summed E-state index contributed by atoms with van der Waals surface area (Å²) in [6, 6.07) is 8.63. The molecule has 0 aliphatic heterocycles. The lowest BCUT2D eigenvalue weighted by Crippen LogP contribution is -2.13. The summed E-state index contributed by atoms with van der Waals surface area (Å²) < 4.78 is 15.3. The maximum Gasteiger partial charge on any atom is 0.513 e. The first-order valence-electron chi connectivity index (χ1n) is 9.08. The van der Waals surface area contributed by atoms with Gasteiger partial charge in [-0.1, -0.05) is 24.8 Å². The van der Waals surface area contributed by atoms with Gasteiger partial charge in [-0.15, -0.1) is 0 Å². The lowest BCUT2D eigenvalue weighted by Gasteiger charge is -2.17. The molecule has 0 unspecified atom stereocenters. The number of fused-ring (bicyclic) bond motifs is 2. The van der Waals surface area contributed by atoms with E-state index in [0.717, 1.165) is 6.08 Å². The summed E-state index contributed by atoms with van der Waals surface area (Å²) in [5.74, 6) is -1.14. The Morgan fingerprint density at radius 2 is 1.69 bits per heavy atom. The number of aromatic carboxylic acids is 1.